The van der Waals surface area contributed by atoms with Crippen LogP contribution in [0.2, 0.25) is 0 Å². The lowest BCUT2D eigenvalue weighted by molar-refractivity contribution is -0.116. The summed E-state index contributed by atoms with van der Waals surface area (Å²) in [4.78, 5) is 32.9. The van der Waals surface area contributed by atoms with Gasteiger partial charge >= 0.3 is 0 Å². The summed E-state index contributed by atoms with van der Waals surface area (Å²) in [7, 11) is 0. The third-order valence-corrected chi connectivity index (χ3v) is 4.70. The number of benzene rings is 2. The van der Waals surface area contributed by atoms with Crippen molar-refractivity contribution in [3.8, 4) is 11.4 Å². The molecular formula is C18H14N4O2S. The molecule has 4 rings (SSSR count). The van der Waals surface area contributed by atoms with E-state index in [0.717, 1.165) is 16.6 Å². The Kier molecular flexibility index (Phi) is 4.07. The molecule has 3 aromatic rings. The van der Waals surface area contributed by atoms with Crippen LogP contribution in [0.3, 0.4) is 0 Å². The average Bonchev–Trinajstić information content (AvgIpc) is 3.24. The van der Waals surface area contributed by atoms with E-state index in [1.165, 1.54) is 11.8 Å². The molecule has 0 unspecified atom stereocenters. The summed E-state index contributed by atoms with van der Waals surface area (Å²) in [5, 5.41) is 3.12. The van der Waals surface area contributed by atoms with Gasteiger partial charge in [0.05, 0.1) is 16.8 Å². The van der Waals surface area contributed by atoms with Crippen molar-refractivity contribution < 1.29 is 9.59 Å². The Bertz CT molecular complexity index is 995. The number of thioether (sulfide) groups is 1. The largest absolute Gasteiger partial charge is 0.305 e. The van der Waals surface area contributed by atoms with E-state index in [9.17, 15) is 9.59 Å². The first-order valence-corrected chi connectivity index (χ1v) is 8.74. The monoisotopic (exact) mass is 350 g/mol. The van der Waals surface area contributed by atoms with Gasteiger partial charge in [-0.1, -0.05) is 54.2 Å². The fourth-order valence-electron chi connectivity index (χ4n) is 2.68. The lowest BCUT2D eigenvalue weighted by atomic mass is 10.2. The van der Waals surface area contributed by atoms with Gasteiger partial charge in [0.25, 0.3) is 5.91 Å². The summed E-state index contributed by atoms with van der Waals surface area (Å²) in [5.74, 6) is 0.655. The molecule has 124 valence electrons. The molecule has 1 aromatic heterocycles. The van der Waals surface area contributed by atoms with Crippen LogP contribution in [0.4, 0.5) is 0 Å². The van der Waals surface area contributed by atoms with E-state index in [-0.39, 0.29) is 18.4 Å². The maximum absolute atomic E-state index is 12.8. The predicted molar refractivity (Wildman–Crippen MR) is 98.7 cm³/mol. The quantitative estimate of drug-likeness (QED) is 0.788. The van der Waals surface area contributed by atoms with Crippen LogP contribution in [0.25, 0.3) is 22.4 Å². The Balaban J connectivity index is 1.74. The number of nitrogens with zero attached hydrogens (tertiary/aromatic N) is 3. The summed E-state index contributed by atoms with van der Waals surface area (Å²) in [6.45, 7) is -0.0528. The standard InChI is InChI=1S/C18H14N4O2S/c23-15-11-25-18(21-15)19-10-16(24)22-14-9-5-4-8-13(14)20-17(22)12-6-2-1-3-7-12/h1-9H,10-11H2,(H,19,21,23). The third kappa shape index (κ3) is 3.06. The SMILES string of the molecule is O=C1CSC(=NCC(=O)n2c(-c3ccccc3)nc3ccccc32)N1. The first kappa shape index (κ1) is 15.6. The highest BCUT2D eigenvalue weighted by molar-refractivity contribution is 8.15. The molecule has 1 saturated heterocycles. The van der Waals surface area contributed by atoms with Crippen molar-refractivity contribution in [1.29, 1.82) is 0 Å². The summed E-state index contributed by atoms with van der Waals surface area (Å²) < 4.78 is 1.59. The van der Waals surface area contributed by atoms with Gasteiger partial charge in [-0.25, -0.2) is 4.98 Å². The fraction of sp³-hybridized carbons (Fsp3) is 0.111. The van der Waals surface area contributed by atoms with Gasteiger partial charge in [-0.15, -0.1) is 0 Å². The highest BCUT2D eigenvalue weighted by atomic mass is 32.2. The number of imidazole rings is 1. The Morgan fingerprint density at radius 3 is 2.68 bits per heavy atom. The molecule has 0 atom stereocenters. The molecule has 2 aromatic carbocycles. The highest BCUT2D eigenvalue weighted by Gasteiger charge is 2.20. The van der Waals surface area contributed by atoms with Gasteiger partial charge in [0, 0.05) is 5.56 Å². The molecule has 0 bridgehead atoms. The summed E-state index contributed by atoms with van der Waals surface area (Å²) in [6, 6.07) is 17.1. The number of carbonyl (C=O) groups excluding carboxylic acids is 2. The number of amidine groups is 1. The maximum atomic E-state index is 12.8. The number of para-hydroxylation sites is 2. The zero-order valence-corrected chi connectivity index (χ0v) is 14.0. The number of amides is 1. The molecule has 1 fully saturated rings. The van der Waals surface area contributed by atoms with Crippen LogP contribution in [0, 0.1) is 0 Å². The predicted octanol–water partition coefficient (Wildman–Crippen LogP) is 2.56. The van der Waals surface area contributed by atoms with Crippen LogP contribution in [-0.4, -0.2) is 38.8 Å². The van der Waals surface area contributed by atoms with Gasteiger partial charge in [-0.2, -0.15) is 0 Å². The van der Waals surface area contributed by atoms with Crippen LogP contribution in [0.5, 0.6) is 0 Å². The lowest BCUT2D eigenvalue weighted by Gasteiger charge is -2.07. The summed E-state index contributed by atoms with van der Waals surface area (Å²) in [6.07, 6.45) is 0. The van der Waals surface area contributed by atoms with Gasteiger partial charge in [0.1, 0.15) is 12.4 Å². The van der Waals surface area contributed by atoms with Crippen LogP contribution < -0.4 is 5.32 Å². The van der Waals surface area contributed by atoms with Crippen molar-refractivity contribution >= 4 is 39.8 Å². The number of aliphatic imine (C=N–C) groups is 1. The second kappa shape index (κ2) is 6.52. The van der Waals surface area contributed by atoms with E-state index in [1.54, 1.807) is 4.57 Å². The molecule has 1 aliphatic rings. The second-order valence-corrected chi connectivity index (χ2v) is 6.44. The molecule has 25 heavy (non-hydrogen) atoms. The highest BCUT2D eigenvalue weighted by Crippen LogP contribution is 2.24. The Hall–Kier alpha value is -2.93. The first-order chi connectivity index (χ1) is 12.2. The number of hydrogen-bond donors (Lipinski definition) is 1. The molecular weight excluding hydrogens is 336 g/mol. The Morgan fingerprint density at radius 1 is 1.16 bits per heavy atom. The average molecular weight is 350 g/mol. The molecule has 0 saturated carbocycles. The van der Waals surface area contributed by atoms with Crippen molar-refractivity contribution in [3.05, 3.63) is 54.6 Å². The molecule has 0 spiro atoms. The van der Waals surface area contributed by atoms with E-state index < -0.39 is 0 Å². The topological polar surface area (TPSA) is 76.3 Å². The maximum Gasteiger partial charge on any atom is 0.254 e. The van der Waals surface area contributed by atoms with Crippen LogP contribution in [-0.2, 0) is 4.79 Å². The first-order valence-electron chi connectivity index (χ1n) is 7.75. The van der Waals surface area contributed by atoms with Crippen LogP contribution in [0.15, 0.2) is 59.6 Å². The fourth-order valence-corrected chi connectivity index (χ4v) is 3.36. The van der Waals surface area contributed by atoms with E-state index in [4.69, 9.17) is 0 Å². The van der Waals surface area contributed by atoms with Crippen molar-refractivity contribution in [1.82, 2.24) is 14.9 Å². The van der Waals surface area contributed by atoms with Gasteiger partial charge in [0.2, 0.25) is 5.91 Å². The molecule has 2 heterocycles. The van der Waals surface area contributed by atoms with Crippen molar-refractivity contribution in [3.63, 3.8) is 0 Å². The normalized spacial score (nSPS) is 15.7. The molecule has 1 amide bonds. The van der Waals surface area contributed by atoms with Crippen molar-refractivity contribution in [2.75, 3.05) is 12.3 Å². The van der Waals surface area contributed by atoms with Gasteiger partial charge in [-0.3, -0.25) is 19.1 Å². The number of hydrogen-bond acceptors (Lipinski definition) is 5. The molecule has 1 N–H and O–H groups in total. The Morgan fingerprint density at radius 2 is 1.92 bits per heavy atom. The van der Waals surface area contributed by atoms with Gasteiger partial charge < -0.3 is 5.32 Å². The van der Waals surface area contributed by atoms with E-state index >= 15 is 0 Å². The molecule has 0 aliphatic carbocycles. The smallest absolute Gasteiger partial charge is 0.254 e. The number of carbonyl (C=O) groups is 2. The molecule has 7 heteroatoms. The molecule has 6 nitrogen and oxygen atoms in total. The zero-order chi connectivity index (χ0) is 17.2. The van der Waals surface area contributed by atoms with Crippen molar-refractivity contribution in [2.24, 2.45) is 4.99 Å². The minimum atomic E-state index is -0.193. The summed E-state index contributed by atoms with van der Waals surface area (Å²) >= 11 is 1.31. The van der Waals surface area contributed by atoms with E-state index in [2.05, 4.69) is 15.3 Å². The zero-order valence-electron chi connectivity index (χ0n) is 13.2. The summed E-state index contributed by atoms with van der Waals surface area (Å²) in [5.41, 5.74) is 2.36. The van der Waals surface area contributed by atoms with Crippen molar-refractivity contribution in [2.45, 2.75) is 0 Å². The minimum Gasteiger partial charge on any atom is -0.305 e. The van der Waals surface area contributed by atoms with E-state index in [1.807, 2.05) is 54.6 Å². The lowest BCUT2D eigenvalue weighted by Crippen LogP contribution is -2.22. The number of rotatable bonds is 3. The van der Waals surface area contributed by atoms with Gasteiger partial charge in [-0.05, 0) is 12.1 Å². The van der Waals surface area contributed by atoms with E-state index in [0.29, 0.717) is 16.7 Å². The molecule has 0 radical (unpaired) electrons. The van der Waals surface area contributed by atoms with Crippen LogP contribution >= 0.6 is 11.8 Å². The number of aromatic nitrogens is 2. The second-order valence-electron chi connectivity index (χ2n) is 5.48. The van der Waals surface area contributed by atoms with Gasteiger partial charge in [0.15, 0.2) is 5.17 Å². The Labute approximate surface area is 148 Å². The minimum absolute atomic E-state index is 0.0528. The third-order valence-electron chi connectivity index (χ3n) is 3.79. The number of nitrogens with one attached hydrogen (secondary N) is 1. The number of fused-ring (bicyclic) bond motifs is 1. The van der Waals surface area contributed by atoms with Crippen LogP contribution in [0.1, 0.15) is 4.79 Å². The molecule has 1 aliphatic heterocycles.